The molecule has 0 unspecified atom stereocenters. The second kappa shape index (κ2) is 9.60. The Hall–Kier alpha value is -5.41. The lowest BCUT2D eigenvalue weighted by Crippen LogP contribution is -2.37. The minimum absolute atomic E-state index is 0.0412. The van der Waals surface area contributed by atoms with Crippen molar-refractivity contribution in [2.45, 2.75) is 12.0 Å². The lowest BCUT2D eigenvalue weighted by Gasteiger charge is -2.46. The molecule has 0 aliphatic carbocycles. The van der Waals surface area contributed by atoms with Gasteiger partial charge in [-0.05, 0) is 64.2 Å². The average molecular weight is 541 g/mol. The summed E-state index contributed by atoms with van der Waals surface area (Å²) in [4.78, 5) is 17.9. The molecule has 3 nitrogen and oxygen atoms in total. The van der Waals surface area contributed by atoms with Crippen molar-refractivity contribution in [3.63, 3.8) is 0 Å². The lowest BCUT2D eigenvalue weighted by atomic mass is 9.62. The van der Waals surface area contributed by atoms with Gasteiger partial charge in [-0.15, -0.1) is 0 Å². The van der Waals surface area contributed by atoms with Gasteiger partial charge in [0.2, 0.25) is 0 Å². The van der Waals surface area contributed by atoms with Crippen LogP contribution in [0.5, 0.6) is 0 Å². The van der Waals surface area contributed by atoms with E-state index in [2.05, 4.69) is 132 Å². The summed E-state index contributed by atoms with van der Waals surface area (Å²) in [5.74, 6) is 0.0412. The summed E-state index contributed by atoms with van der Waals surface area (Å²) in [6.45, 7) is 0.580. The van der Waals surface area contributed by atoms with Gasteiger partial charge in [-0.2, -0.15) is 0 Å². The summed E-state index contributed by atoms with van der Waals surface area (Å²) in [5.41, 5.74) is 10.3. The number of fused-ring (bicyclic) bond motifs is 3. The molecule has 42 heavy (non-hydrogen) atoms. The number of hydrogen-bond donors (Lipinski definition) is 0. The van der Waals surface area contributed by atoms with Gasteiger partial charge in [0, 0.05) is 16.9 Å². The van der Waals surface area contributed by atoms with Crippen LogP contribution < -0.4 is 9.80 Å². The van der Waals surface area contributed by atoms with Gasteiger partial charge in [0.1, 0.15) is 0 Å². The molecule has 0 saturated carbocycles. The molecule has 200 valence electrons. The van der Waals surface area contributed by atoms with E-state index in [4.69, 9.17) is 0 Å². The standard InChI is InChI=1S/C39H28N2O/c42-38-33-26-32(25-24-28(33)27-40(38)31-18-8-3-9-19-31)41-36-22-12-10-20-34(36)39(29-14-4-1-5-15-29,30-16-6-2-7-17-30)35-21-11-13-23-37(35)41/h1-26H,27H2. The van der Waals surface area contributed by atoms with Crippen molar-refractivity contribution < 1.29 is 4.79 Å². The van der Waals surface area contributed by atoms with Crippen molar-refractivity contribution in [3.05, 3.63) is 191 Å². The first-order chi connectivity index (χ1) is 20.8. The van der Waals surface area contributed by atoms with Gasteiger partial charge < -0.3 is 9.80 Å². The van der Waals surface area contributed by atoms with E-state index in [1.165, 1.54) is 22.3 Å². The Morgan fingerprint density at radius 2 is 1.00 bits per heavy atom. The molecule has 2 heterocycles. The Balaban J connectivity index is 1.35. The van der Waals surface area contributed by atoms with Crippen LogP contribution in [0.4, 0.5) is 22.7 Å². The Labute approximate surface area is 245 Å². The van der Waals surface area contributed by atoms with Crippen molar-refractivity contribution in [1.82, 2.24) is 0 Å². The number of anilines is 4. The molecule has 0 saturated heterocycles. The zero-order chi connectivity index (χ0) is 28.1. The highest BCUT2D eigenvalue weighted by molar-refractivity contribution is 6.11. The van der Waals surface area contributed by atoms with Crippen LogP contribution in [-0.2, 0) is 12.0 Å². The van der Waals surface area contributed by atoms with Gasteiger partial charge in [0.15, 0.2) is 0 Å². The Bertz CT molecular complexity index is 1840. The maximum absolute atomic E-state index is 13.7. The fraction of sp³-hybridized carbons (Fsp3) is 0.0513. The van der Waals surface area contributed by atoms with E-state index in [-0.39, 0.29) is 5.91 Å². The average Bonchev–Trinajstić information content (AvgIpc) is 3.40. The number of rotatable bonds is 4. The van der Waals surface area contributed by atoms with Crippen LogP contribution >= 0.6 is 0 Å². The van der Waals surface area contributed by atoms with Crippen LogP contribution in [0, 0.1) is 0 Å². The van der Waals surface area contributed by atoms with Crippen molar-refractivity contribution in [2.75, 3.05) is 9.80 Å². The normalized spacial score (nSPS) is 14.7. The Morgan fingerprint density at radius 1 is 0.500 bits per heavy atom. The summed E-state index contributed by atoms with van der Waals surface area (Å²) >= 11 is 0. The minimum atomic E-state index is -0.511. The van der Waals surface area contributed by atoms with E-state index < -0.39 is 5.41 Å². The molecule has 0 N–H and O–H groups in total. The molecule has 2 aliphatic rings. The van der Waals surface area contributed by atoms with Gasteiger partial charge in [0.05, 0.1) is 23.3 Å². The third kappa shape index (κ3) is 3.50. The fourth-order valence-corrected chi connectivity index (χ4v) is 6.93. The zero-order valence-electron chi connectivity index (χ0n) is 23.0. The Morgan fingerprint density at radius 3 is 1.57 bits per heavy atom. The fourth-order valence-electron chi connectivity index (χ4n) is 6.93. The molecule has 6 aromatic rings. The molecule has 0 aromatic heterocycles. The molecule has 8 rings (SSSR count). The van der Waals surface area contributed by atoms with Gasteiger partial charge in [-0.1, -0.05) is 121 Å². The molecule has 0 fully saturated rings. The van der Waals surface area contributed by atoms with Gasteiger partial charge in [-0.25, -0.2) is 0 Å². The zero-order valence-corrected chi connectivity index (χ0v) is 23.0. The second-order valence-electron chi connectivity index (χ2n) is 10.9. The highest BCUT2D eigenvalue weighted by Gasteiger charge is 2.46. The number of carbonyl (C=O) groups is 1. The van der Waals surface area contributed by atoms with E-state index in [9.17, 15) is 4.79 Å². The van der Waals surface area contributed by atoms with Crippen LogP contribution in [0.15, 0.2) is 158 Å². The van der Waals surface area contributed by atoms with Crippen LogP contribution in [0.1, 0.15) is 38.2 Å². The van der Waals surface area contributed by atoms with Crippen LogP contribution in [0.2, 0.25) is 0 Å². The largest absolute Gasteiger partial charge is 0.310 e. The molecule has 2 aliphatic heterocycles. The molecule has 0 bridgehead atoms. The molecule has 3 heteroatoms. The van der Waals surface area contributed by atoms with E-state index in [0.717, 1.165) is 33.9 Å². The lowest BCUT2D eigenvalue weighted by molar-refractivity contribution is 0.0996. The van der Waals surface area contributed by atoms with Crippen LogP contribution in [0.3, 0.4) is 0 Å². The first kappa shape index (κ1) is 24.4. The third-order valence-corrected chi connectivity index (χ3v) is 8.74. The first-order valence-corrected chi connectivity index (χ1v) is 14.4. The SMILES string of the molecule is O=C1c2cc(N3c4ccccc4C(c4ccccc4)(c4ccccc4)c4ccccc43)ccc2CN1c1ccccc1. The van der Waals surface area contributed by atoms with Crippen molar-refractivity contribution >= 4 is 28.7 Å². The highest BCUT2D eigenvalue weighted by atomic mass is 16.2. The third-order valence-electron chi connectivity index (χ3n) is 8.74. The van der Waals surface area contributed by atoms with Crippen LogP contribution in [0.25, 0.3) is 0 Å². The molecule has 1 amide bonds. The predicted octanol–water partition coefficient (Wildman–Crippen LogP) is 9.01. The number of para-hydroxylation sites is 3. The van der Waals surface area contributed by atoms with Gasteiger partial charge in [-0.3, -0.25) is 4.79 Å². The van der Waals surface area contributed by atoms with Gasteiger partial charge >= 0.3 is 0 Å². The molecule has 6 aromatic carbocycles. The number of carbonyl (C=O) groups excluding carboxylic acids is 1. The molecule has 0 atom stereocenters. The molecular weight excluding hydrogens is 512 g/mol. The topological polar surface area (TPSA) is 23.6 Å². The maximum Gasteiger partial charge on any atom is 0.259 e. The van der Waals surface area contributed by atoms with Crippen molar-refractivity contribution in [2.24, 2.45) is 0 Å². The number of hydrogen-bond acceptors (Lipinski definition) is 2. The summed E-state index contributed by atoms with van der Waals surface area (Å²) in [5, 5.41) is 0. The van der Waals surface area contributed by atoms with E-state index >= 15 is 0 Å². The number of benzene rings is 6. The highest BCUT2D eigenvalue weighted by Crippen LogP contribution is 2.57. The monoisotopic (exact) mass is 540 g/mol. The van der Waals surface area contributed by atoms with Crippen molar-refractivity contribution in [1.29, 1.82) is 0 Å². The maximum atomic E-state index is 13.7. The number of amides is 1. The molecule has 0 spiro atoms. The van der Waals surface area contributed by atoms with Crippen LogP contribution in [-0.4, -0.2) is 5.91 Å². The van der Waals surface area contributed by atoms with Crippen molar-refractivity contribution in [3.8, 4) is 0 Å². The molecule has 0 radical (unpaired) electrons. The predicted molar refractivity (Wildman–Crippen MR) is 170 cm³/mol. The summed E-state index contributed by atoms with van der Waals surface area (Å²) < 4.78 is 0. The quantitative estimate of drug-likeness (QED) is 0.222. The Kier molecular flexibility index (Phi) is 5.58. The first-order valence-electron chi connectivity index (χ1n) is 14.4. The summed E-state index contributed by atoms with van der Waals surface area (Å²) in [6, 6.07) is 55.3. The van der Waals surface area contributed by atoms with E-state index in [1.54, 1.807) is 0 Å². The van der Waals surface area contributed by atoms with Gasteiger partial charge in [0.25, 0.3) is 5.91 Å². The minimum Gasteiger partial charge on any atom is -0.310 e. The van der Waals surface area contributed by atoms with E-state index in [0.29, 0.717) is 6.54 Å². The number of nitrogens with zero attached hydrogens (tertiary/aromatic N) is 2. The summed E-state index contributed by atoms with van der Waals surface area (Å²) in [6.07, 6.45) is 0. The summed E-state index contributed by atoms with van der Waals surface area (Å²) in [7, 11) is 0. The molecular formula is C39H28N2O. The van der Waals surface area contributed by atoms with E-state index in [1.807, 2.05) is 35.2 Å². The second-order valence-corrected chi connectivity index (χ2v) is 10.9. The smallest absolute Gasteiger partial charge is 0.259 e.